The second-order valence-corrected chi connectivity index (χ2v) is 22.5. The minimum absolute atomic E-state index is 0.0649. The molecule has 0 aromatic carbocycles. The van der Waals surface area contributed by atoms with Crippen LogP contribution in [0.4, 0.5) is 0 Å². The third-order valence-corrected chi connectivity index (χ3v) is 15.1. The summed E-state index contributed by atoms with van der Waals surface area (Å²) >= 11 is 0. The highest BCUT2D eigenvalue weighted by molar-refractivity contribution is 5.76. The number of aliphatic hydroxyl groups is 2. The Morgan fingerprint density at radius 2 is 0.587 bits per heavy atom. The molecule has 4 heteroatoms. The van der Waals surface area contributed by atoms with Crippen molar-refractivity contribution in [3.05, 3.63) is 85.1 Å². The molecule has 0 saturated heterocycles. The molecule has 0 radical (unpaired) electrons. The van der Waals surface area contributed by atoms with Crippen LogP contribution in [0.15, 0.2) is 85.1 Å². The van der Waals surface area contributed by atoms with Crippen molar-refractivity contribution in [2.24, 2.45) is 0 Å². The molecular formula is C71H129NO3. The summed E-state index contributed by atoms with van der Waals surface area (Å²) in [6.07, 6.45) is 96.5. The van der Waals surface area contributed by atoms with E-state index in [1.807, 2.05) is 6.08 Å². The first-order valence-corrected chi connectivity index (χ1v) is 33.3. The molecular weight excluding hydrogens is 915 g/mol. The first-order chi connectivity index (χ1) is 37.2. The molecule has 0 aliphatic carbocycles. The van der Waals surface area contributed by atoms with Crippen LogP contribution in [0.1, 0.15) is 341 Å². The van der Waals surface area contributed by atoms with Gasteiger partial charge >= 0.3 is 0 Å². The van der Waals surface area contributed by atoms with E-state index in [0.717, 1.165) is 64.2 Å². The summed E-state index contributed by atoms with van der Waals surface area (Å²) in [5.74, 6) is -0.0649. The van der Waals surface area contributed by atoms with Crippen molar-refractivity contribution in [3.63, 3.8) is 0 Å². The van der Waals surface area contributed by atoms with Crippen LogP contribution in [0, 0.1) is 0 Å². The molecule has 436 valence electrons. The maximum atomic E-state index is 12.5. The zero-order chi connectivity index (χ0) is 54.1. The van der Waals surface area contributed by atoms with Crippen molar-refractivity contribution >= 4 is 5.91 Å². The molecule has 0 heterocycles. The number of hydrogen-bond donors (Lipinski definition) is 3. The fourth-order valence-electron chi connectivity index (χ4n) is 10.1. The van der Waals surface area contributed by atoms with Gasteiger partial charge in [0.1, 0.15) is 0 Å². The lowest BCUT2D eigenvalue weighted by Gasteiger charge is -2.20. The summed E-state index contributed by atoms with van der Waals surface area (Å²) < 4.78 is 0. The molecule has 2 atom stereocenters. The molecule has 0 spiro atoms. The summed E-state index contributed by atoms with van der Waals surface area (Å²) in [7, 11) is 0. The number of unbranched alkanes of at least 4 members (excludes halogenated alkanes) is 42. The zero-order valence-electron chi connectivity index (χ0n) is 50.3. The summed E-state index contributed by atoms with van der Waals surface area (Å²) in [5, 5.41) is 23.3. The van der Waals surface area contributed by atoms with Crippen LogP contribution in [0.2, 0.25) is 0 Å². The Morgan fingerprint density at radius 1 is 0.333 bits per heavy atom. The molecule has 0 aliphatic heterocycles. The van der Waals surface area contributed by atoms with Crippen molar-refractivity contribution in [1.82, 2.24) is 5.32 Å². The second-order valence-electron chi connectivity index (χ2n) is 22.5. The van der Waals surface area contributed by atoms with Crippen LogP contribution >= 0.6 is 0 Å². The molecule has 0 rings (SSSR count). The largest absolute Gasteiger partial charge is 0.394 e. The molecule has 0 bridgehead atoms. The quantitative estimate of drug-likeness (QED) is 0.0420. The summed E-state index contributed by atoms with van der Waals surface area (Å²) in [6, 6.07) is -0.630. The molecule has 1 amide bonds. The van der Waals surface area contributed by atoms with E-state index in [9.17, 15) is 15.0 Å². The van der Waals surface area contributed by atoms with E-state index in [4.69, 9.17) is 0 Å². The van der Waals surface area contributed by atoms with Gasteiger partial charge in [0, 0.05) is 6.42 Å². The van der Waals surface area contributed by atoms with E-state index in [0.29, 0.717) is 6.42 Å². The van der Waals surface area contributed by atoms with Crippen LogP contribution < -0.4 is 5.32 Å². The van der Waals surface area contributed by atoms with E-state index in [1.165, 1.54) is 257 Å². The van der Waals surface area contributed by atoms with Gasteiger partial charge < -0.3 is 15.5 Å². The highest BCUT2D eigenvalue weighted by Crippen LogP contribution is 2.18. The number of rotatable bonds is 61. The average Bonchev–Trinajstić information content (AvgIpc) is 3.41. The lowest BCUT2D eigenvalue weighted by molar-refractivity contribution is -0.123. The van der Waals surface area contributed by atoms with Crippen molar-refractivity contribution in [2.75, 3.05) is 6.61 Å². The number of carbonyl (C=O) groups excluding carboxylic acids is 1. The van der Waals surface area contributed by atoms with Crippen LogP contribution in [-0.2, 0) is 4.79 Å². The molecule has 0 aliphatic rings. The minimum Gasteiger partial charge on any atom is -0.394 e. The van der Waals surface area contributed by atoms with Gasteiger partial charge in [-0.25, -0.2) is 0 Å². The molecule has 4 nitrogen and oxygen atoms in total. The lowest BCUT2D eigenvalue weighted by Crippen LogP contribution is -2.45. The monoisotopic (exact) mass is 1040 g/mol. The van der Waals surface area contributed by atoms with Crippen LogP contribution in [0.25, 0.3) is 0 Å². The van der Waals surface area contributed by atoms with Gasteiger partial charge in [0.15, 0.2) is 0 Å². The molecule has 0 aromatic heterocycles. The Bertz CT molecular complexity index is 1320. The van der Waals surface area contributed by atoms with Gasteiger partial charge in [0.05, 0.1) is 18.8 Å². The third-order valence-electron chi connectivity index (χ3n) is 15.1. The molecule has 3 N–H and O–H groups in total. The maximum Gasteiger partial charge on any atom is 0.220 e. The Kier molecular flexibility index (Phi) is 63.7. The summed E-state index contributed by atoms with van der Waals surface area (Å²) in [6.45, 7) is 4.22. The van der Waals surface area contributed by atoms with Crippen molar-refractivity contribution in [1.29, 1.82) is 0 Å². The molecule has 2 unspecified atom stereocenters. The first-order valence-electron chi connectivity index (χ1n) is 33.3. The van der Waals surface area contributed by atoms with Crippen LogP contribution in [0.3, 0.4) is 0 Å². The number of aliphatic hydroxyl groups excluding tert-OH is 2. The predicted octanol–water partition coefficient (Wildman–Crippen LogP) is 22.7. The lowest BCUT2D eigenvalue weighted by atomic mass is 10.0. The first kappa shape index (κ1) is 72.6. The SMILES string of the molecule is CC/C=C\C/C=C\C/C=C\C/C=C\C/C=C\C/C=C\CCCCCCCCCCCCCCC(=O)NC(CO)C(O)/C=C/CCCCCCCCCCCCCCCCCCCCCCCCCCCCCCCC. The Balaban J connectivity index is 3.48. The summed E-state index contributed by atoms with van der Waals surface area (Å²) in [5.41, 5.74) is 0. The van der Waals surface area contributed by atoms with Gasteiger partial charge in [0.25, 0.3) is 0 Å². The highest BCUT2D eigenvalue weighted by Gasteiger charge is 2.18. The van der Waals surface area contributed by atoms with E-state index >= 15 is 0 Å². The predicted molar refractivity (Wildman–Crippen MR) is 336 cm³/mol. The second kappa shape index (κ2) is 65.9. The van der Waals surface area contributed by atoms with Crippen molar-refractivity contribution in [3.8, 4) is 0 Å². The van der Waals surface area contributed by atoms with Gasteiger partial charge in [-0.05, 0) is 70.6 Å². The van der Waals surface area contributed by atoms with Gasteiger partial charge in [-0.3, -0.25) is 4.79 Å². The fraction of sp³-hybridized carbons (Fsp3) is 0.789. The smallest absolute Gasteiger partial charge is 0.220 e. The highest BCUT2D eigenvalue weighted by atomic mass is 16.3. The van der Waals surface area contributed by atoms with Crippen LogP contribution in [-0.4, -0.2) is 34.9 Å². The molecule has 0 fully saturated rings. The normalized spacial score (nSPS) is 13.3. The Labute approximate surface area is 469 Å². The number of allylic oxidation sites excluding steroid dienone is 13. The standard InChI is InChI=1S/C71H129NO3/c1-3-5-7-9-11-13-15-17-19-21-23-25-27-29-31-33-35-37-38-40-42-44-46-48-50-52-54-56-58-60-62-64-66-70(74)69(68-73)72-71(75)67-65-63-61-59-57-55-53-51-49-47-45-43-41-39-36-34-32-30-28-26-24-22-20-18-16-14-12-10-8-6-4-2/h6,8,12,14,18,20,24,26,30,32,36,39,64,66,69-70,73-74H,3-5,7,9-11,13,15-17,19,21-23,25,27-29,31,33-35,37-38,40-63,65,67-68H2,1-2H3,(H,72,75)/b8-6-,14-12-,20-18-,26-24-,32-30-,39-36-,66-64+. The third kappa shape index (κ3) is 62.3. The number of carbonyl (C=O) groups is 1. The molecule has 0 saturated carbocycles. The van der Waals surface area contributed by atoms with Crippen LogP contribution in [0.5, 0.6) is 0 Å². The number of nitrogens with one attached hydrogen (secondary N) is 1. The van der Waals surface area contributed by atoms with E-state index in [-0.39, 0.29) is 12.5 Å². The zero-order valence-corrected chi connectivity index (χ0v) is 50.3. The Hall–Kier alpha value is -2.43. The van der Waals surface area contributed by atoms with Crippen molar-refractivity contribution < 1.29 is 15.0 Å². The Morgan fingerprint density at radius 3 is 0.880 bits per heavy atom. The maximum absolute atomic E-state index is 12.5. The number of hydrogen-bond acceptors (Lipinski definition) is 3. The topological polar surface area (TPSA) is 69.6 Å². The van der Waals surface area contributed by atoms with Crippen molar-refractivity contribution in [2.45, 2.75) is 353 Å². The minimum atomic E-state index is -0.846. The summed E-state index contributed by atoms with van der Waals surface area (Å²) in [4.78, 5) is 12.5. The number of amides is 1. The van der Waals surface area contributed by atoms with Gasteiger partial charge in [0.2, 0.25) is 5.91 Å². The molecule has 75 heavy (non-hydrogen) atoms. The molecule has 0 aromatic rings. The van der Waals surface area contributed by atoms with E-state index < -0.39 is 12.1 Å². The van der Waals surface area contributed by atoms with E-state index in [1.54, 1.807) is 6.08 Å². The van der Waals surface area contributed by atoms with Gasteiger partial charge in [-0.15, -0.1) is 0 Å². The average molecular weight is 1040 g/mol. The van der Waals surface area contributed by atoms with Gasteiger partial charge in [-0.2, -0.15) is 0 Å². The van der Waals surface area contributed by atoms with Gasteiger partial charge in [-0.1, -0.05) is 349 Å². The van der Waals surface area contributed by atoms with E-state index in [2.05, 4.69) is 92.1 Å². The fourth-order valence-corrected chi connectivity index (χ4v) is 10.1.